The molecule has 6 nitrogen and oxygen atoms in total. The minimum absolute atomic E-state index is 0.109. The molecule has 2 aromatic heterocycles. The monoisotopic (exact) mass is 353 g/mol. The highest BCUT2D eigenvalue weighted by Gasteiger charge is 2.30. The minimum Gasteiger partial charge on any atom is -0.361 e. The van der Waals surface area contributed by atoms with Crippen LogP contribution in [0.25, 0.3) is 5.52 Å². The summed E-state index contributed by atoms with van der Waals surface area (Å²) in [4.78, 5) is 21.1. The topological polar surface area (TPSA) is 53.7 Å². The molecule has 134 valence electrons. The molecule has 1 amide bonds. The van der Waals surface area contributed by atoms with E-state index in [1.807, 2.05) is 35.8 Å². The number of halogens is 1. The van der Waals surface area contributed by atoms with Crippen LogP contribution in [-0.2, 0) is 0 Å². The first-order valence-electron chi connectivity index (χ1n) is 8.60. The Kier molecular flexibility index (Phi) is 4.06. The van der Waals surface area contributed by atoms with E-state index >= 15 is 0 Å². The zero-order valence-corrected chi connectivity index (χ0v) is 14.8. The Labute approximate surface area is 150 Å². The molecule has 1 atom stereocenters. The quantitative estimate of drug-likeness (QED) is 0.726. The molecular weight excluding hydrogens is 333 g/mol. The number of rotatable bonds is 3. The van der Waals surface area contributed by atoms with Crippen LogP contribution in [0, 0.1) is 5.82 Å². The van der Waals surface area contributed by atoms with Gasteiger partial charge in [0.2, 0.25) is 0 Å². The van der Waals surface area contributed by atoms with Crippen molar-refractivity contribution < 1.29 is 9.18 Å². The molecule has 3 heterocycles. The van der Waals surface area contributed by atoms with Crippen molar-refractivity contribution >= 4 is 17.2 Å². The summed E-state index contributed by atoms with van der Waals surface area (Å²) in [7, 11) is 3.89. The lowest BCUT2D eigenvalue weighted by Gasteiger charge is -2.18. The van der Waals surface area contributed by atoms with Crippen molar-refractivity contribution in [1.82, 2.24) is 19.5 Å². The normalized spacial score (nSPS) is 17.0. The van der Waals surface area contributed by atoms with Gasteiger partial charge in [0.1, 0.15) is 11.3 Å². The van der Waals surface area contributed by atoms with Crippen molar-refractivity contribution in [2.75, 3.05) is 32.1 Å². The number of aromatic nitrogens is 3. The van der Waals surface area contributed by atoms with E-state index in [9.17, 15) is 9.18 Å². The van der Waals surface area contributed by atoms with E-state index in [4.69, 9.17) is 4.98 Å². The van der Waals surface area contributed by atoms with Crippen molar-refractivity contribution in [2.45, 2.75) is 12.3 Å². The average Bonchev–Trinajstić information content (AvgIpc) is 3.29. The van der Waals surface area contributed by atoms with Gasteiger partial charge in [-0.05, 0) is 24.6 Å². The molecule has 3 aromatic rings. The molecule has 1 aliphatic heterocycles. The number of carbonyl (C=O) groups excluding carboxylic acids is 1. The fraction of sp³-hybridized carbons (Fsp3) is 0.316. The maximum Gasteiger partial charge on any atom is 0.256 e. The van der Waals surface area contributed by atoms with Crippen LogP contribution in [0.1, 0.15) is 28.4 Å². The predicted molar refractivity (Wildman–Crippen MR) is 97.0 cm³/mol. The van der Waals surface area contributed by atoms with Crippen LogP contribution in [0.15, 0.2) is 42.7 Å². The first kappa shape index (κ1) is 16.5. The second kappa shape index (κ2) is 6.40. The summed E-state index contributed by atoms with van der Waals surface area (Å²) in [6, 6.07) is 8.04. The van der Waals surface area contributed by atoms with Crippen LogP contribution in [0.2, 0.25) is 0 Å². The molecule has 1 aliphatic rings. The summed E-state index contributed by atoms with van der Waals surface area (Å²) in [5.41, 5.74) is 1.96. The molecular formula is C19H20FN5O. The summed E-state index contributed by atoms with van der Waals surface area (Å²) in [5.74, 6) is 0.211. The zero-order chi connectivity index (χ0) is 18.3. The Morgan fingerprint density at radius 3 is 2.85 bits per heavy atom. The van der Waals surface area contributed by atoms with Crippen molar-refractivity contribution in [2.24, 2.45) is 0 Å². The van der Waals surface area contributed by atoms with Gasteiger partial charge in [0, 0.05) is 33.1 Å². The first-order chi connectivity index (χ1) is 12.5. The van der Waals surface area contributed by atoms with Crippen LogP contribution in [-0.4, -0.2) is 52.6 Å². The number of carbonyl (C=O) groups is 1. The molecule has 4 rings (SSSR count). The van der Waals surface area contributed by atoms with Gasteiger partial charge >= 0.3 is 0 Å². The molecule has 0 spiro atoms. The van der Waals surface area contributed by atoms with Gasteiger partial charge in [-0.25, -0.2) is 13.9 Å². The minimum atomic E-state index is -0.480. The van der Waals surface area contributed by atoms with E-state index in [1.165, 1.54) is 12.1 Å². The lowest BCUT2D eigenvalue weighted by molar-refractivity contribution is 0.0786. The maximum atomic E-state index is 13.9. The fourth-order valence-corrected chi connectivity index (χ4v) is 3.44. The first-order valence-corrected chi connectivity index (χ1v) is 8.60. The smallest absolute Gasteiger partial charge is 0.256 e. The summed E-state index contributed by atoms with van der Waals surface area (Å²) < 4.78 is 15.7. The summed E-state index contributed by atoms with van der Waals surface area (Å²) >= 11 is 0. The van der Waals surface area contributed by atoms with E-state index in [0.29, 0.717) is 13.1 Å². The van der Waals surface area contributed by atoms with Crippen LogP contribution in [0.5, 0.6) is 0 Å². The van der Waals surface area contributed by atoms with Gasteiger partial charge in [-0.1, -0.05) is 12.1 Å². The molecule has 26 heavy (non-hydrogen) atoms. The molecule has 1 aromatic carbocycles. The van der Waals surface area contributed by atoms with Gasteiger partial charge in [0.05, 0.1) is 23.7 Å². The highest BCUT2D eigenvalue weighted by molar-refractivity contribution is 5.94. The number of hydrogen-bond donors (Lipinski definition) is 0. The van der Waals surface area contributed by atoms with Crippen molar-refractivity contribution in [1.29, 1.82) is 0 Å². The third kappa shape index (κ3) is 2.79. The van der Waals surface area contributed by atoms with Gasteiger partial charge in [-0.3, -0.25) is 4.79 Å². The van der Waals surface area contributed by atoms with Crippen LogP contribution < -0.4 is 4.90 Å². The van der Waals surface area contributed by atoms with Gasteiger partial charge in [-0.2, -0.15) is 5.10 Å². The lowest BCUT2D eigenvalue weighted by Crippen LogP contribution is -2.29. The fourth-order valence-electron chi connectivity index (χ4n) is 3.44. The zero-order valence-electron chi connectivity index (χ0n) is 14.8. The number of benzene rings is 1. The Bertz CT molecular complexity index is 967. The van der Waals surface area contributed by atoms with Gasteiger partial charge in [0.25, 0.3) is 5.91 Å². The van der Waals surface area contributed by atoms with E-state index < -0.39 is 5.82 Å². The molecule has 0 aliphatic carbocycles. The van der Waals surface area contributed by atoms with E-state index in [0.717, 1.165) is 23.4 Å². The molecule has 0 N–H and O–H groups in total. The van der Waals surface area contributed by atoms with Gasteiger partial charge in [-0.15, -0.1) is 0 Å². The SMILES string of the molecule is CN(C)c1nc([C@@H]2CCN(C(=O)c3ccccc3F)C2)cn2nccc12. The Morgan fingerprint density at radius 1 is 1.27 bits per heavy atom. The van der Waals surface area contributed by atoms with E-state index in [-0.39, 0.29) is 17.4 Å². The molecule has 7 heteroatoms. The van der Waals surface area contributed by atoms with Gasteiger partial charge in [0.15, 0.2) is 5.82 Å². The van der Waals surface area contributed by atoms with Crippen molar-refractivity contribution in [3.05, 3.63) is 59.8 Å². The largest absolute Gasteiger partial charge is 0.361 e. The Hall–Kier alpha value is -2.96. The predicted octanol–water partition coefficient (Wildman–Crippen LogP) is 2.56. The van der Waals surface area contributed by atoms with Crippen LogP contribution in [0.4, 0.5) is 10.2 Å². The number of hydrogen-bond acceptors (Lipinski definition) is 4. The molecule has 0 radical (unpaired) electrons. The Morgan fingerprint density at radius 2 is 2.08 bits per heavy atom. The highest BCUT2D eigenvalue weighted by Crippen LogP contribution is 2.29. The van der Waals surface area contributed by atoms with Crippen molar-refractivity contribution in [3.63, 3.8) is 0 Å². The number of amides is 1. The van der Waals surface area contributed by atoms with Crippen molar-refractivity contribution in [3.8, 4) is 0 Å². The number of fused-ring (bicyclic) bond motifs is 1. The molecule has 0 bridgehead atoms. The second-order valence-corrected chi connectivity index (χ2v) is 6.76. The standard InChI is InChI=1S/C19H20FN5O/c1-23(2)18-17-7-9-21-25(17)12-16(22-18)13-8-10-24(11-13)19(26)14-5-3-4-6-15(14)20/h3-7,9,12-13H,8,10-11H2,1-2H3/t13-/m1/s1. The van der Waals surface area contributed by atoms with E-state index in [2.05, 4.69) is 5.10 Å². The van der Waals surface area contributed by atoms with Crippen LogP contribution in [0.3, 0.4) is 0 Å². The second-order valence-electron chi connectivity index (χ2n) is 6.76. The maximum absolute atomic E-state index is 13.9. The lowest BCUT2D eigenvalue weighted by atomic mass is 10.1. The van der Waals surface area contributed by atoms with E-state index in [1.54, 1.807) is 23.2 Å². The Balaban J connectivity index is 1.60. The third-order valence-electron chi connectivity index (χ3n) is 4.81. The third-order valence-corrected chi connectivity index (χ3v) is 4.81. The summed E-state index contributed by atoms with van der Waals surface area (Å²) in [5, 5.41) is 4.33. The summed E-state index contributed by atoms with van der Waals surface area (Å²) in [6.45, 7) is 1.12. The molecule has 0 unspecified atom stereocenters. The van der Waals surface area contributed by atoms with Gasteiger partial charge < -0.3 is 9.80 Å². The molecule has 1 fully saturated rings. The highest BCUT2D eigenvalue weighted by atomic mass is 19.1. The number of nitrogens with zero attached hydrogens (tertiary/aromatic N) is 5. The van der Waals surface area contributed by atoms with Crippen LogP contribution >= 0.6 is 0 Å². The average molecular weight is 353 g/mol. The summed E-state index contributed by atoms with van der Waals surface area (Å²) in [6.07, 6.45) is 4.47. The molecule has 1 saturated heterocycles. The number of anilines is 1. The number of likely N-dealkylation sites (tertiary alicyclic amines) is 1. The molecule has 0 saturated carbocycles.